The molecule has 4 rings (SSSR count). The highest BCUT2D eigenvalue weighted by atomic mass is 35.5. The third-order valence-electron chi connectivity index (χ3n) is 5.00. The normalized spacial score (nSPS) is 15.0. The summed E-state index contributed by atoms with van der Waals surface area (Å²) in [5, 5.41) is 1.19. The number of carbonyl (C=O) groups excluding carboxylic acids is 1. The van der Waals surface area contributed by atoms with E-state index in [0.29, 0.717) is 28.7 Å². The molecule has 7 heteroatoms. The molecule has 0 spiro atoms. The van der Waals surface area contributed by atoms with Crippen LogP contribution < -0.4 is 0 Å². The van der Waals surface area contributed by atoms with Gasteiger partial charge in [-0.05, 0) is 35.9 Å². The van der Waals surface area contributed by atoms with Gasteiger partial charge in [0, 0.05) is 56.4 Å². The van der Waals surface area contributed by atoms with Gasteiger partial charge in [0.1, 0.15) is 0 Å². The fourth-order valence-corrected chi connectivity index (χ4v) is 3.77. The number of aromatic nitrogens is 2. The van der Waals surface area contributed by atoms with Crippen molar-refractivity contribution in [2.24, 2.45) is 0 Å². The molecular weight excluding hydrogens is 395 g/mol. The van der Waals surface area contributed by atoms with Crippen molar-refractivity contribution in [3.8, 4) is 5.69 Å². The van der Waals surface area contributed by atoms with Crippen LogP contribution in [-0.2, 0) is 6.54 Å². The number of hydrogen-bond acceptors (Lipinski definition) is 3. The first-order valence-electron chi connectivity index (χ1n) is 9.15. The van der Waals surface area contributed by atoms with Gasteiger partial charge in [-0.15, -0.1) is 0 Å². The lowest BCUT2D eigenvalue weighted by Crippen LogP contribution is -2.48. The Bertz CT molecular complexity index is 949. The average Bonchev–Trinajstić information content (AvgIpc) is 3.26. The van der Waals surface area contributed by atoms with Crippen molar-refractivity contribution in [2.75, 3.05) is 26.2 Å². The van der Waals surface area contributed by atoms with Crippen LogP contribution in [0.3, 0.4) is 0 Å². The van der Waals surface area contributed by atoms with Gasteiger partial charge in [-0.2, -0.15) is 0 Å². The van der Waals surface area contributed by atoms with Crippen molar-refractivity contribution in [3.63, 3.8) is 0 Å². The molecule has 0 saturated carbocycles. The van der Waals surface area contributed by atoms with E-state index in [0.717, 1.165) is 30.9 Å². The summed E-state index contributed by atoms with van der Waals surface area (Å²) in [7, 11) is 0. The van der Waals surface area contributed by atoms with E-state index in [9.17, 15) is 4.79 Å². The molecule has 0 atom stereocenters. The highest BCUT2D eigenvalue weighted by Gasteiger charge is 2.22. The summed E-state index contributed by atoms with van der Waals surface area (Å²) >= 11 is 12.4. The Hall–Kier alpha value is -2.34. The minimum absolute atomic E-state index is 0.0672. The number of halogens is 2. The van der Waals surface area contributed by atoms with E-state index in [1.54, 1.807) is 18.6 Å². The summed E-state index contributed by atoms with van der Waals surface area (Å²) in [6.45, 7) is 3.74. The monoisotopic (exact) mass is 414 g/mol. The maximum Gasteiger partial charge on any atom is 0.253 e. The zero-order chi connectivity index (χ0) is 19.5. The van der Waals surface area contributed by atoms with Crippen molar-refractivity contribution >= 4 is 29.1 Å². The van der Waals surface area contributed by atoms with Gasteiger partial charge in [0.2, 0.25) is 0 Å². The lowest BCUT2D eigenvalue weighted by Gasteiger charge is -2.35. The standard InChI is InChI=1S/C21H20Cl2N4O/c22-19-3-1-2-17(20(19)23)14-25-10-12-26(13-11-25)21(28)16-4-6-18(7-5-16)27-9-8-24-15-27/h1-9,15H,10-14H2. The van der Waals surface area contributed by atoms with E-state index in [1.165, 1.54) is 0 Å². The van der Waals surface area contributed by atoms with E-state index >= 15 is 0 Å². The molecule has 1 aliphatic heterocycles. The minimum atomic E-state index is 0.0672. The second-order valence-electron chi connectivity index (χ2n) is 6.80. The van der Waals surface area contributed by atoms with Crippen LogP contribution in [0.5, 0.6) is 0 Å². The molecule has 28 heavy (non-hydrogen) atoms. The lowest BCUT2D eigenvalue weighted by atomic mass is 10.1. The van der Waals surface area contributed by atoms with Gasteiger partial charge in [0.05, 0.1) is 16.4 Å². The first-order chi connectivity index (χ1) is 13.6. The maximum absolute atomic E-state index is 12.8. The third-order valence-corrected chi connectivity index (χ3v) is 5.86. The first-order valence-corrected chi connectivity index (χ1v) is 9.90. The summed E-state index contributed by atoms with van der Waals surface area (Å²) < 4.78 is 1.91. The van der Waals surface area contributed by atoms with Gasteiger partial charge in [0.15, 0.2) is 0 Å². The van der Waals surface area contributed by atoms with Crippen LogP contribution in [0.4, 0.5) is 0 Å². The number of nitrogens with zero attached hydrogens (tertiary/aromatic N) is 4. The molecule has 0 bridgehead atoms. The van der Waals surface area contributed by atoms with Gasteiger partial charge in [-0.1, -0.05) is 35.3 Å². The van der Waals surface area contributed by atoms with E-state index in [4.69, 9.17) is 23.2 Å². The fraction of sp³-hybridized carbons (Fsp3) is 0.238. The van der Waals surface area contributed by atoms with E-state index in [-0.39, 0.29) is 5.91 Å². The Morgan fingerprint density at radius 1 is 1.00 bits per heavy atom. The molecule has 0 radical (unpaired) electrons. The van der Waals surface area contributed by atoms with Crippen molar-refractivity contribution in [1.82, 2.24) is 19.4 Å². The summed E-state index contributed by atoms with van der Waals surface area (Å²) in [5.74, 6) is 0.0672. The van der Waals surface area contributed by atoms with Crippen LogP contribution in [0.1, 0.15) is 15.9 Å². The van der Waals surface area contributed by atoms with Crippen molar-refractivity contribution in [2.45, 2.75) is 6.54 Å². The number of benzene rings is 2. The molecule has 0 N–H and O–H groups in total. The average molecular weight is 415 g/mol. The summed E-state index contributed by atoms with van der Waals surface area (Å²) in [6.07, 6.45) is 5.35. The van der Waals surface area contributed by atoms with Gasteiger partial charge in [-0.3, -0.25) is 9.69 Å². The summed E-state index contributed by atoms with van der Waals surface area (Å²) in [6, 6.07) is 13.3. The minimum Gasteiger partial charge on any atom is -0.336 e. The molecule has 1 amide bonds. The zero-order valence-corrected chi connectivity index (χ0v) is 16.8. The Morgan fingerprint density at radius 2 is 1.75 bits per heavy atom. The number of rotatable bonds is 4. The topological polar surface area (TPSA) is 41.4 Å². The molecular formula is C21H20Cl2N4O. The summed E-state index contributed by atoms with van der Waals surface area (Å²) in [4.78, 5) is 21.1. The highest BCUT2D eigenvalue weighted by Crippen LogP contribution is 2.26. The number of amides is 1. The third kappa shape index (κ3) is 4.07. The van der Waals surface area contributed by atoms with Gasteiger partial charge in [-0.25, -0.2) is 4.98 Å². The number of piperazine rings is 1. The van der Waals surface area contributed by atoms with Crippen LogP contribution in [0.15, 0.2) is 61.2 Å². The van der Waals surface area contributed by atoms with E-state index in [1.807, 2.05) is 52.1 Å². The molecule has 1 saturated heterocycles. The van der Waals surface area contributed by atoms with Gasteiger partial charge in [0.25, 0.3) is 5.91 Å². The fourth-order valence-electron chi connectivity index (χ4n) is 3.39. The summed E-state index contributed by atoms with van der Waals surface area (Å²) in [5.41, 5.74) is 2.71. The smallest absolute Gasteiger partial charge is 0.253 e. The quantitative estimate of drug-likeness (QED) is 0.643. The largest absolute Gasteiger partial charge is 0.336 e. The molecule has 2 aromatic carbocycles. The SMILES string of the molecule is O=C(c1ccc(-n2ccnc2)cc1)N1CCN(Cc2cccc(Cl)c2Cl)CC1. The van der Waals surface area contributed by atoms with Crippen LogP contribution in [-0.4, -0.2) is 51.4 Å². The number of hydrogen-bond donors (Lipinski definition) is 0. The van der Waals surface area contributed by atoms with Crippen molar-refractivity contribution < 1.29 is 4.79 Å². The van der Waals surface area contributed by atoms with Gasteiger partial charge >= 0.3 is 0 Å². The molecule has 1 fully saturated rings. The Morgan fingerprint density at radius 3 is 2.43 bits per heavy atom. The molecule has 5 nitrogen and oxygen atoms in total. The number of carbonyl (C=O) groups is 1. The Labute approximate surface area is 174 Å². The van der Waals surface area contributed by atoms with Crippen LogP contribution in [0.2, 0.25) is 10.0 Å². The lowest BCUT2D eigenvalue weighted by molar-refractivity contribution is 0.0628. The first kappa shape index (κ1) is 19.0. The molecule has 3 aromatic rings. The van der Waals surface area contributed by atoms with Crippen molar-refractivity contribution in [3.05, 3.63) is 82.4 Å². The second kappa shape index (κ2) is 8.35. The highest BCUT2D eigenvalue weighted by molar-refractivity contribution is 6.42. The molecule has 144 valence electrons. The zero-order valence-electron chi connectivity index (χ0n) is 15.3. The molecule has 0 unspecified atom stereocenters. The predicted molar refractivity (Wildman–Crippen MR) is 111 cm³/mol. The molecule has 0 aliphatic carbocycles. The van der Waals surface area contributed by atoms with Crippen LogP contribution in [0.25, 0.3) is 5.69 Å². The predicted octanol–water partition coefficient (Wildman–Crippen LogP) is 4.14. The Balaban J connectivity index is 1.35. The van der Waals surface area contributed by atoms with E-state index < -0.39 is 0 Å². The van der Waals surface area contributed by atoms with Gasteiger partial charge < -0.3 is 9.47 Å². The molecule has 1 aromatic heterocycles. The van der Waals surface area contributed by atoms with Crippen LogP contribution >= 0.6 is 23.2 Å². The van der Waals surface area contributed by atoms with Crippen LogP contribution in [0, 0.1) is 0 Å². The number of imidazole rings is 1. The Kier molecular flexibility index (Phi) is 5.67. The van der Waals surface area contributed by atoms with E-state index in [2.05, 4.69) is 9.88 Å². The molecule has 2 heterocycles. The van der Waals surface area contributed by atoms with Crippen molar-refractivity contribution in [1.29, 1.82) is 0 Å². The molecule has 1 aliphatic rings. The maximum atomic E-state index is 12.8. The second-order valence-corrected chi connectivity index (χ2v) is 7.58.